The summed E-state index contributed by atoms with van der Waals surface area (Å²) in [5.41, 5.74) is -2.46. The predicted molar refractivity (Wildman–Crippen MR) is 162 cm³/mol. The summed E-state index contributed by atoms with van der Waals surface area (Å²) in [5.74, 6) is -2.14. The van der Waals surface area contributed by atoms with Gasteiger partial charge in [0.1, 0.15) is 5.75 Å². The Morgan fingerprint density at radius 2 is 1.67 bits per heavy atom. The number of nitrogens with one attached hydrogen (secondary N) is 1. The lowest BCUT2D eigenvalue weighted by Gasteiger charge is -2.48. The lowest BCUT2D eigenvalue weighted by atomic mass is 9.58. The lowest BCUT2D eigenvalue weighted by Crippen LogP contribution is -2.45. The van der Waals surface area contributed by atoms with Crippen molar-refractivity contribution in [3.05, 3.63) is 45.2 Å². The molecule has 0 aliphatic heterocycles. The molecule has 3 aliphatic carbocycles. The summed E-state index contributed by atoms with van der Waals surface area (Å²) in [6.45, 7) is 1.59. The topological polar surface area (TPSA) is 111 Å². The van der Waals surface area contributed by atoms with Crippen LogP contribution in [0.3, 0.4) is 0 Å². The number of methoxy groups -OCH3 is 1. The summed E-state index contributed by atoms with van der Waals surface area (Å²) in [5, 5.41) is 16.5. The lowest BCUT2D eigenvalue weighted by molar-refractivity contribution is -0.152. The summed E-state index contributed by atoms with van der Waals surface area (Å²) in [4.78, 5) is 38.9. The number of aliphatic carboxylic acids is 1. The van der Waals surface area contributed by atoms with E-state index in [0.717, 1.165) is 49.4 Å². The number of hydrogen-bond donors (Lipinski definition) is 2. The van der Waals surface area contributed by atoms with E-state index < -0.39 is 52.6 Å². The molecule has 0 saturated heterocycles. The highest BCUT2D eigenvalue weighted by molar-refractivity contribution is 6.40. The van der Waals surface area contributed by atoms with Gasteiger partial charge in [-0.2, -0.15) is 18.3 Å². The minimum atomic E-state index is -4.90. The van der Waals surface area contributed by atoms with Crippen LogP contribution in [0.25, 0.3) is 0 Å². The van der Waals surface area contributed by atoms with Gasteiger partial charge in [-0.1, -0.05) is 29.6 Å². The molecule has 8 nitrogen and oxygen atoms in total. The van der Waals surface area contributed by atoms with Gasteiger partial charge in [0.2, 0.25) is 0 Å². The Morgan fingerprint density at radius 1 is 1.07 bits per heavy atom. The number of ether oxygens (including phenoxy) is 1. The summed E-state index contributed by atoms with van der Waals surface area (Å²) in [6.07, 6.45) is 3.38. The Labute approximate surface area is 270 Å². The highest BCUT2D eigenvalue weighted by Crippen LogP contribution is 2.53. The highest BCUT2D eigenvalue weighted by atomic mass is 35.5. The third-order valence-corrected chi connectivity index (χ3v) is 11.2. The first-order valence-electron chi connectivity index (χ1n) is 15.4. The molecule has 246 valence electrons. The molecule has 3 fully saturated rings. The second-order valence-corrected chi connectivity index (χ2v) is 14.1. The van der Waals surface area contributed by atoms with E-state index in [0.29, 0.717) is 11.2 Å². The molecule has 1 atom stereocenters. The third-order valence-electron chi connectivity index (χ3n) is 10.6. The van der Waals surface area contributed by atoms with Gasteiger partial charge in [-0.15, -0.1) is 0 Å². The van der Waals surface area contributed by atoms with Gasteiger partial charge in [-0.05, 0) is 94.6 Å². The maximum Gasteiger partial charge on any atom is 0.433 e. The molecule has 2 aromatic rings. The van der Waals surface area contributed by atoms with Crippen molar-refractivity contribution in [3.8, 4) is 5.75 Å². The quantitative estimate of drug-likeness (QED) is 0.260. The standard InChI is InChI=1S/C32H38Cl2F3N3O5/c1-30(29(43)44)10-6-19(7-11-30)40-27(32(35,36)37)21(17-38-40)28(42)39-24(18-4-12-31(13-5-18)8-3-9-31)16-25(41)26-22(33)14-20(45-2)15-23(26)34/h14-15,17-19,24H,3-13,16H2,1-2H3,(H,39,42)(H,43,44). The maximum atomic E-state index is 14.5. The molecule has 1 aromatic carbocycles. The molecule has 45 heavy (non-hydrogen) atoms. The van der Waals surface area contributed by atoms with Crippen LogP contribution < -0.4 is 10.1 Å². The zero-order valence-electron chi connectivity index (χ0n) is 25.3. The molecule has 3 aliphatic rings. The SMILES string of the molecule is COc1cc(Cl)c(C(=O)CC(NC(=O)c2cnn(C3CCC(C)(C(=O)O)CC3)c2C(F)(F)F)C2CCC3(CCC3)CC2)c(Cl)c1. The van der Waals surface area contributed by atoms with Gasteiger partial charge in [0, 0.05) is 12.5 Å². The molecule has 1 amide bonds. The zero-order valence-corrected chi connectivity index (χ0v) is 26.8. The van der Waals surface area contributed by atoms with Gasteiger partial charge in [0.25, 0.3) is 5.91 Å². The van der Waals surface area contributed by atoms with E-state index >= 15 is 0 Å². The molecule has 0 bridgehead atoms. The molecular formula is C32H38Cl2F3N3O5. The van der Waals surface area contributed by atoms with Crippen molar-refractivity contribution in [2.75, 3.05) is 7.11 Å². The first-order chi connectivity index (χ1) is 21.2. The van der Waals surface area contributed by atoms with E-state index in [1.807, 2.05) is 0 Å². The van der Waals surface area contributed by atoms with Crippen LogP contribution in [0.5, 0.6) is 5.75 Å². The minimum absolute atomic E-state index is 0.0686. The van der Waals surface area contributed by atoms with Crippen LogP contribution in [0.4, 0.5) is 13.2 Å². The first-order valence-corrected chi connectivity index (χ1v) is 16.2. The maximum absolute atomic E-state index is 14.5. The van der Waals surface area contributed by atoms with Crippen molar-refractivity contribution in [3.63, 3.8) is 0 Å². The van der Waals surface area contributed by atoms with Crippen LogP contribution in [0.15, 0.2) is 18.3 Å². The van der Waals surface area contributed by atoms with E-state index in [1.165, 1.54) is 25.7 Å². The van der Waals surface area contributed by atoms with Crippen LogP contribution in [0.1, 0.15) is 116 Å². The van der Waals surface area contributed by atoms with Gasteiger partial charge in [0.05, 0.1) is 45.9 Å². The van der Waals surface area contributed by atoms with Gasteiger partial charge >= 0.3 is 12.1 Å². The predicted octanol–water partition coefficient (Wildman–Crippen LogP) is 8.16. The number of amides is 1. The van der Waals surface area contributed by atoms with Crippen LogP contribution in [0.2, 0.25) is 10.0 Å². The van der Waals surface area contributed by atoms with Gasteiger partial charge in [0.15, 0.2) is 11.5 Å². The molecule has 1 heterocycles. The summed E-state index contributed by atoms with van der Waals surface area (Å²) >= 11 is 12.8. The second-order valence-electron chi connectivity index (χ2n) is 13.3. The molecule has 1 spiro atoms. The van der Waals surface area contributed by atoms with Gasteiger partial charge < -0.3 is 15.2 Å². The van der Waals surface area contributed by atoms with E-state index in [2.05, 4.69) is 10.4 Å². The number of alkyl halides is 3. The summed E-state index contributed by atoms with van der Waals surface area (Å²) < 4.78 is 49.5. The van der Waals surface area contributed by atoms with Crippen LogP contribution in [-0.4, -0.2) is 45.7 Å². The Kier molecular flexibility index (Phi) is 9.53. The number of hydrogen-bond acceptors (Lipinski definition) is 5. The minimum Gasteiger partial charge on any atom is -0.497 e. The zero-order chi connectivity index (χ0) is 32.7. The van der Waals surface area contributed by atoms with Gasteiger partial charge in [-0.25, -0.2) is 0 Å². The molecule has 1 aromatic heterocycles. The van der Waals surface area contributed by atoms with Crippen LogP contribution in [-0.2, 0) is 11.0 Å². The second kappa shape index (κ2) is 12.8. The molecule has 0 radical (unpaired) electrons. The number of carbonyl (C=O) groups excluding carboxylic acids is 2. The average molecular weight is 673 g/mol. The van der Waals surface area contributed by atoms with E-state index in [4.69, 9.17) is 27.9 Å². The van der Waals surface area contributed by atoms with Crippen molar-refractivity contribution in [1.29, 1.82) is 0 Å². The van der Waals surface area contributed by atoms with E-state index in [1.54, 1.807) is 6.92 Å². The molecule has 5 rings (SSSR count). The Hall–Kier alpha value is -2.79. The molecular weight excluding hydrogens is 634 g/mol. The molecule has 1 unspecified atom stereocenters. The normalized spacial score (nSPS) is 24.1. The number of aromatic nitrogens is 2. The fourth-order valence-electron chi connectivity index (χ4n) is 7.44. The Morgan fingerprint density at radius 3 is 2.16 bits per heavy atom. The fraction of sp³-hybridized carbons (Fsp3) is 0.625. The smallest absolute Gasteiger partial charge is 0.433 e. The van der Waals surface area contributed by atoms with Crippen molar-refractivity contribution in [2.45, 2.75) is 102 Å². The number of carboxylic acids is 1. The number of carbonyl (C=O) groups is 3. The van der Waals surface area contributed by atoms with Crippen molar-refractivity contribution < 1.29 is 37.4 Å². The van der Waals surface area contributed by atoms with Crippen molar-refractivity contribution >= 4 is 40.9 Å². The van der Waals surface area contributed by atoms with Crippen molar-refractivity contribution in [1.82, 2.24) is 15.1 Å². The first kappa shape index (κ1) is 33.6. The number of Topliss-reactive ketones (excluding diaryl/α,β-unsaturated/α-hetero) is 1. The highest BCUT2D eigenvalue weighted by Gasteiger charge is 2.46. The Bertz CT molecular complexity index is 1430. The van der Waals surface area contributed by atoms with E-state index in [-0.39, 0.29) is 53.6 Å². The van der Waals surface area contributed by atoms with Crippen LogP contribution in [0, 0.1) is 16.7 Å². The third kappa shape index (κ3) is 6.84. The summed E-state index contributed by atoms with van der Waals surface area (Å²) in [7, 11) is 1.44. The molecule has 2 N–H and O–H groups in total. The number of ketones is 1. The fourth-order valence-corrected chi connectivity index (χ4v) is 8.11. The largest absolute Gasteiger partial charge is 0.497 e. The van der Waals surface area contributed by atoms with E-state index in [9.17, 15) is 32.7 Å². The number of rotatable bonds is 9. The molecule has 13 heteroatoms. The van der Waals surface area contributed by atoms with Gasteiger partial charge in [-0.3, -0.25) is 19.1 Å². The van der Waals surface area contributed by atoms with Crippen molar-refractivity contribution in [2.24, 2.45) is 16.7 Å². The number of halogens is 5. The van der Waals surface area contributed by atoms with Crippen LogP contribution >= 0.6 is 23.2 Å². The Balaban J connectivity index is 1.40. The number of benzene rings is 1. The summed E-state index contributed by atoms with van der Waals surface area (Å²) in [6, 6.07) is 1.46. The average Bonchev–Trinajstić information content (AvgIpc) is 3.42. The number of carboxylic acid groups (broad SMARTS) is 1. The molecule has 3 saturated carbocycles. The monoisotopic (exact) mass is 671 g/mol. The number of nitrogens with zero attached hydrogens (tertiary/aromatic N) is 2.